The van der Waals surface area contributed by atoms with E-state index in [1.807, 2.05) is 14.0 Å². The van der Waals surface area contributed by atoms with Crippen molar-refractivity contribution in [2.24, 2.45) is 64.1 Å². The predicted octanol–water partition coefficient (Wildman–Crippen LogP) is 3.21. The minimum Gasteiger partial charge on any atom is -0.450 e. The second-order valence-corrected chi connectivity index (χ2v) is 19.1. The van der Waals surface area contributed by atoms with E-state index in [0.717, 1.165) is 56.2 Å². The van der Waals surface area contributed by atoms with Gasteiger partial charge in [0.25, 0.3) is 0 Å². The molecular weight excluding hydrogens is 672 g/mol. The number of aliphatic hydroxyl groups excluding tert-OH is 2. The third-order valence-corrected chi connectivity index (χ3v) is 17.0. The third kappa shape index (κ3) is 4.94. The number of ether oxygens (including phenoxy) is 1. The maximum Gasteiger partial charge on any atom is 0.331 e. The lowest BCUT2D eigenvalue weighted by Gasteiger charge is -2.73. The van der Waals surface area contributed by atoms with Gasteiger partial charge in [0.15, 0.2) is 0 Å². The smallest absolute Gasteiger partial charge is 0.331 e. The van der Waals surface area contributed by atoms with E-state index in [1.165, 1.54) is 0 Å². The summed E-state index contributed by atoms with van der Waals surface area (Å²) in [5.41, 5.74) is -6.47. The highest BCUT2D eigenvalue weighted by Gasteiger charge is 2.85. The molecule has 0 aromatic rings. The summed E-state index contributed by atoms with van der Waals surface area (Å²) in [6.07, 6.45) is 12.5. The van der Waals surface area contributed by atoms with E-state index in [0.29, 0.717) is 38.6 Å². The molecule has 0 aromatic carbocycles. The minimum absolute atomic E-state index is 0.0624. The van der Waals surface area contributed by atoms with Gasteiger partial charge in [0.1, 0.15) is 23.6 Å². The number of allylic oxidation sites excluding steroid dienone is 3. The summed E-state index contributed by atoms with van der Waals surface area (Å²) < 4.78 is 5.90. The number of nitrogens with one attached hydrogen (secondary N) is 2. The standard InChI is InChI=1S/C43H64N2O8/c1-5-6-7-10-26-20-40(23-46)33-12-13-39(3)35-27(16-28(22-45-15-14-44-4)37-30(35)19-34(47)53-37)21-41(39,50)43(33,52)38(49)32-18-29-24(2)9-8-11-25(29)17-31(36(26)48)42(32,40)51/h8,11,16,19,23-27,29,31-33,35-38,44-45,48-52H,5-7,9-10,12-15,17-18,20-22H2,1-4H3/t24-,25+,26+,27+,29+,31+,32-,33+,35+,36-,37+,38-,39+,40-,41+,42+,43+/m0/s1. The number of aliphatic hydroxyl groups is 5. The van der Waals surface area contributed by atoms with Gasteiger partial charge in [0.05, 0.1) is 23.2 Å². The summed E-state index contributed by atoms with van der Waals surface area (Å²) in [6.45, 7) is 8.34. The zero-order chi connectivity index (χ0) is 37.7. The summed E-state index contributed by atoms with van der Waals surface area (Å²) in [6, 6.07) is 0. The fourth-order valence-electron chi connectivity index (χ4n) is 14.6. The lowest BCUT2D eigenvalue weighted by Crippen LogP contribution is -2.85. The van der Waals surface area contributed by atoms with E-state index < -0.39 is 69.7 Å². The molecule has 5 fully saturated rings. The minimum atomic E-state index is -2.14. The van der Waals surface area contributed by atoms with Gasteiger partial charge in [-0.15, -0.1) is 0 Å². The second kappa shape index (κ2) is 13.3. The predicted molar refractivity (Wildman–Crippen MR) is 199 cm³/mol. The summed E-state index contributed by atoms with van der Waals surface area (Å²) >= 11 is 0. The third-order valence-electron chi connectivity index (χ3n) is 17.0. The number of hydrogen-bond acceptors (Lipinski definition) is 10. The SMILES string of the molecule is CCCCC[C@@H]1C[C@]2(C=O)[C@H]3CC[C@]4(C)[C@H]5C6=CC(=O)O[C@@H]6C(CNCCNC)=C[C@@H]5C[C@]4(O)[C@]3(O)[C@@H](O)[C@@H]3C[C@H]4[C@H](C=CC[C@@H]4C)C[C@H]([C@H]1O)[C@@]32O. The second-order valence-electron chi connectivity index (χ2n) is 19.1. The number of rotatable bonds is 10. The Balaban J connectivity index is 1.27. The fraction of sp³-hybridized carbons (Fsp3) is 0.814. The van der Waals surface area contributed by atoms with E-state index in [1.54, 1.807) is 6.08 Å². The highest BCUT2D eigenvalue weighted by molar-refractivity contribution is 5.87. The van der Waals surface area contributed by atoms with E-state index in [4.69, 9.17) is 4.74 Å². The van der Waals surface area contributed by atoms with Crippen LogP contribution in [0.2, 0.25) is 0 Å². The van der Waals surface area contributed by atoms with Crippen LogP contribution in [0.1, 0.15) is 91.4 Å². The van der Waals surface area contributed by atoms with Crippen molar-refractivity contribution in [1.82, 2.24) is 10.6 Å². The Labute approximate surface area is 314 Å². The molecule has 0 radical (unpaired) electrons. The zero-order valence-corrected chi connectivity index (χ0v) is 32.2. The van der Waals surface area contributed by atoms with Crippen LogP contribution < -0.4 is 10.6 Å². The van der Waals surface area contributed by atoms with Crippen LogP contribution in [-0.4, -0.2) is 99.6 Å². The van der Waals surface area contributed by atoms with E-state index >= 15 is 0 Å². The van der Waals surface area contributed by atoms with Crippen molar-refractivity contribution in [3.05, 3.63) is 35.5 Å². The van der Waals surface area contributed by atoms with Crippen LogP contribution in [0.4, 0.5) is 0 Å². The Hall–Kier alpha value is -1.92. The molecule has 1 heterocycles. The molecule has 10 heteroatoms. The molecule has 0 aromatic heterocycles. The summed E-state index contributed by atoms with van der Waals surface area (Å²) in [5, 5.41) is 72.8. The highest BCUT2D eigenvalue weighted by Crippen LogP contribution is 2.76. The average molecular weight is 737 g/mol. The van der Waals surface area contributed by atoms with Gasteiger partial charge in [-0.3, -0.25) is 0 Å². The Bertz CT molecular complexity index is 1560. The molecule has 0 bridgehead atoms. The molecule has 8 rings (SSSR count). The number of carbonyl (C=O) groups is 2. The number of unbranched alkanes of at least 4 members (excludes halogenated alkanes) is 2. The van der Waals surface area contributed by atoms with Gasteiger partial charge in [-0.1, -0.05) is 58.3 Å². The maximum atomic E-state index is 14.2. The quantitative estimate of drug-likeness (QED) is 0.0766. The van der Waals surface area contributed by atoms with Gasteiger partial charge in [-0.05, 0) is 105 Å². The van der Waals surface area contributed by atoms with Gasteiger partial charge in [0, 0.05) is 48.9 Å². The normalized spacial score (nSPS) is 52.1. The summed E-state index contributed by atoms with van der Waals surface area (Å²) in [4.78, 5) is 27.1. The number of carbonyl (C=O) groups excluding carboxylic acids is 2. The van der Waals surface area contributed by atoms with Gasteiger partial charge in [-0.25, -0.2) is 4.79 Å². The molecule has 8 aliphatic rings. The summed E-state index contributed by atoms with van der Waals surface area (Å²) in [7, 11) is 1.89. The molecule has 5 saturated carbocycles. The molecule has 10 nitrogen and oxygen atoms in total. The number of fused-ring (bicyclic) bond motifs is 9. The Morgan fingerprint density at radius 2 is 1.83 bits per heavy atom. The first-order valence-electron chi connectivity index (χ1n) is 20.9. The van der Waals surface area contributed by atoms with Crippen LogP contribution in [0.25, 0.3) is 0 Å². The van der Waals surface area contributed by atoms with Crippen molar-refractivity contribution in [2.45, 2.75) is 127 Å². The van der Waals surface area contributed by atoms with Crippen LogP contribution in [0.3, 0.4) is 0 Å². The van der Waals surface area contributed by atoms with Crippen LogP contribution in [0.15, 0.2) is 35.5 Å². The molecule has 1 aliphatic heterocycles. The van der Waals surface area contributed by atoms with E-state index in [2.05, 4.69) is 42.7 Å². The van der Waals surface area contributed by atoms with Crippen molar-refractivity contribution < 1.29 is 39.9 Å². The van der Waals surface area contributed by atoms with Crippen LogP contribution in [0, 0.1) is 64.1 Å². The molecule has 0 amide bonds. The average Bonchev–Trinajstić information content (AvgIpc) is 3.57. The molecule has 0 saturated heterocycles. The van der Waals surface area contributed by atoms with E-state index in [-0.39, 0.29) is 48.3 Å². The van der Waals surface area contributed by atoms with Crippen LogP contribution >= 0.6 is 0 Å². The van der Waals surface area contributed by atoms with Crippen molar-refractivity contribution in [1.29, 1.82) is 0 Å². The molecule has 7 aliphatic carbocycles. The summed E-state index contributed by atoms with van der Waals surface area (Å²) in [5.74, 6) is -3.38. The molecule has 0 unspecified atom stereocenters. The van der Waals surface area contributed by atoms with Crippen LogP contribution in [-0.2, 0) is 14.3 Å². The van der Waals surface area contributed by atoms with E-state index in [9.17, 15) is 35.1 Å². The molecule has 0 spiro atoms. The molecule has 294 valence electrons. The first-order valence-corrected chi connectivity index (χ1v) is 20.9. The number of esters is 1. The Kier molecular flexibility index (Phi) is 9.56. The number of aldehydes is 1. The van der Waals surface area contributed by atoms with Gasteiger partial charge in [-0.2, -0.15) is 0 Å². The first-order chi connectivity index (χ1) is 25.3. The molecular formula is C43H64N2O8. The van der Waals surface area contributed by atoms with Crippen molar-refractivity contribution in [2.75, 3.05) is 26.7 Å². The zero-order valence-electron chi connectivity index (χ0n) is 32.2. The van der Waals surface area contributed by atoms with Gasteiger partial charge < -0.3 is 45.7 Å². The Morgan fingerprint density at radius 3 is 2.57 bits per heavy atom. The number of likely N-dealkylation sites (N-methyl/N-ethyl adjacent to an activating group) is 1. The lowest BCUT2D eigenvalue weighted by atomic mass is 9.34. The van der Waals surface area contributed by atoms with Crippen molar-refractivity contribution in [3.63, 3.8) is 0 Å². The largest absolute Gasteiger partial charge is 0.450 e. The molecule has 17 atom stereocenters. The number of hydrogen-bond donors (Lipinski definition) is 7. The lowest BCUT2D eigenvalue weighted by molar-refractivity contribution is -0.377. The first kappa shape index (κ1) is 38.0. The molecule has 53 heavy (non-hydrogen) atoms. The van der Waals surface area contributed by atoms with Gasteiger partial charge >= 0.3 is 5.97 Å². The van der Waals surface area contributed by atoms with Crippen LogP contribution in [0.5, 0.6) is 0 Å². The topological polar surface area (TPSA) is 169 Å². The monoisotopic (exact) mass is 736 g/mol. The van der Waals surface area contributed by atoms with Crippen molar-refractivity contribution in [3.8, 4) is 0 Å². The van der Waals surface area contributed by atoms with Gasteiger partial charge in [0.2, 0.25) is 0 Å². The molecule has 7 N–H and O–H groups in total. The maximum absolute atomic E-state index is 14.2. The Morgan fingerprint density at radius 1 is 1.04 bits per heavy atom. The van der Waals surface area contributed by atoms with Crippen molar-refractivity contribution >= 4 is 12.3 Å². The highest BCUT2D eigenvalue weighted by atomic mass is 16.5. The fourth-order valence-corrected chi connectivity index (χ4v) is 14.6.